The van der Waals surface area contributed by atoms with Gasteiger partial charge < -0.3 is 5.32 Å². The number of non-ortho nitro benzene ring substituents is 1. The van der Waals surface area contributed by atoms with E-state index in [-0.39, 0.29) is 11.7 Å². The van der Waals surface area contributed by atoms with Crippen LogP contribution < -0.4 is 5.32 Å². The summed E-state index contributed by atoms with van der Waals surface area (Å²) < 4.78 is 13.9. The fraction of sp³-hybridized carbons (Fsp3) is 0.600. The number of rotatable bonds is 4. The van der Waals surface area contributed by atoms with Gasteiger partial charge in [0.25, 0.3) is 5.69 Å². The van der Waals surface area contributed by atoms with Gasteiger partial charge in [-0.15, -0.1) is 0 Å². The van der Waals surface area contributed by atoms with Gasteiger partial charge in [-0.05, 0) is 25.3 Å². The summed E-state index contributed by atoms with van der Waals surface area (Å²) in [6.07, 6.45) is 6.18. The van der Waals surface area contributed by atoms with E-state index >= 15 is 0 Å². The molecule has 2 fully saturated rings. The number of benzene rings is 1. The minimum atomic E-state index is -0.579. The van der Waals surface area contributed by atoms with E-state index in [0.29, 0.717) is 11.7 Å². The average Bonchev–Trinajstić information content (AvgIpc) is 3.11. The number of likely N-dealkylation sites (tertiary alicyclic amines) is 1. The molecule has 1 heterocycles. The zero-order chi connectivity index (χ0) is 14.8. The van der Waals surface area contributed by atoms with Crippen LogP contribution in [0, 0.1) is 15.9 Å². The minimum absolute atomic E-state index is 0.211. The number of nitrogens with zero attached hydrogens (tertiary/aromatic N) is 2. The van der Waals surface area contributed by atoms with Crippen molar-refractivity contribution in [2.75, 3.05) is 18.4 Å². The molecule has 0 amide bonds. The van der Waals surface area contributed by atoms with Crippen molar-refractivity contribution >= 4 is 11.4 Å². The zero-order valence-corrected chi connectivity index (χ0v) is 11.9. The summed E-state index contributed by atoms with van der Waals surface area (Å²) in [4.78, 5) is 12.5. The van der Waals surface area contributed by atoms with E-state index in [1.165, 1.54) is 37.8 Å². The molecule has 1 unspecified atom stereocenters. The van der Waals surface area contributed by atoms with Crippen LogP contribution in [0.3, 0.4) is 0 Å². The summed E-state index contributed by atoms with van der Waals surface area (Å²) in [6, 6.07) is 4.70. The highest BCUT2D eigenvalue weighted by Gasteiger charge is 2.30. The van der Waals surface area contributed by atoms with Gasteiger partial charge in [0.15, 0.2) is 5.82 Å². The molecular formula is C15H20FN3O2. The smallest absolute Gasteiger partial charge is 0.272 e. The standard InChI is InChI=1S/C15H20FN3O2/c16-14-9-13(19(20)21)5-6-15(14)17-11-7-8-18(10-11)12-3-1-2-4-12/h5-6,9,11-12,17H,1-4,7-8,10H2. The molecule has 1 aliphatic carbocycles. The highest BCUT2D eigenvalue weighted by molar-refractivity contribution is 5.50. The Balaban J connectivity index is 1.61. The molecule has 0 spiro atoms. The predicted molar refractivity (Wildman–Crippen MR) is 78.9 cm³/mol. The summed E-state index contributed by atoms with van der Waals surface area (Å²) in [7, 11) is 0. The second-order valence-electron chi connectivity index (χ2n) is 5.98. The maximum Gasteiger partial charge on any atom is 0.272 e. The molecule has 3 rings (SSSR count). The highest BCUT2D eigenvalue weighted by Crippen LogP contribution is 2.28. The van der Waals surface area contributed by atoms with Crippen LogP contribution in [-0.4, -0.2) is 35.0 Å². The lowest BCUT2D eigenvalue weighted by molar-refractivity contribution is -0.385. The van der Waals surface area contributed by atoms with E-state index in [1.54, 1.807) is 0 Å². The quantitative estimate of drug-likeness (QED) is 0.684. The van der Waals surface area contributed by atoms with Gasteiger partial charge in [0.1, 0.15) is 0 Å². The lowest BCUT2D eigenvalue weighted by Gasteiger charge is -2.23. The monoisotopic (exact) mass is 293 g/mol. The Morgan fingerprint density at radius 2 is 2.05 bits per heavy atom. The number of hydrogen-bond donors (Lipinski definition) is 1. The third-order valence-corrected chi connectivity index (χ3v) is 4.58. The van der Waals surface area contributed by atoms with Crippen LogP contribution >= 0.6 is 0 Å². The summed E-state index contributed by atoms with van der Waals surface area (Å²) in [5, 5.41) is 13.8. The molecule has 5 nitrogen and oxygen atoms in total. The molecule has 0 radical (unpaired) electrons. The fourth-order valence-electron chi connectivity index (χ4n) is 3.46. The first kappa shape index (κ1) is 14.3. The molecule has 0 aromatic heterocycles. The normalized spacial score (nSPS) is 23.6. The molecule has 6 heteroatoms. The summed E-state index contributed by atoms with van der Waals surface area (Å²) in [6.45, 7) is 1.98. The van der Waals surface area contributed by atoms with E-state index in [0.717, 1.165) is 25.6 Å². The lowest BCUT2D eigenvalue weighted by Crippen LogP contribution is -2.33. The number of hydrogen-bond acceptors (Lipinski definition) is 4. The SMILES string of the molecule is O=[N+]([O-])c1ccc(NC2CCN(C3CCCC3)C2)c(F)c1. The molecule has 1 aromatic rings. The largest absolute Gasteiger partial charge is 0.379 e. The Hall–Kier alpha value is -1.69. The molecule has 1 aliphatic heterocycles. The van der Waals surface area contributed by atoms with Crippen LogP contribution in [0.5, 0.6) is 0 Å². The molecule has 1 aromatic carbocycles. The Kier molecular flexibility index (Phi) is 4.05. The summed E-state index contributed by atoms with van der Waals surface area (Å²) in [5.74, 6) is -0.552. The van der Waals surface area contributed by atoms with Gasteiger partial charge in [-0.2, -0.15) is 0 Å². The maximum atomic E-state index is 13.9. The van der Waals surface area contributed by atoms with Crippen LogP contribution in [0.2, 0.25) is 0 Å². The Bertz CT molecular complexity index is 532. The zero-order valence-electron chi connectivity index (χ0n) is 11.9. The van der Waals surface area contributed by atoms with Crippen molar-refractivity contribution in [1.82, 2.24) is 4.90 Å². The van der Waals surface area contributed by atoms with E-state index in [1.807, 2.05) is 0 Å². The van der Waals surface area contributed by atoms with Crippen molar-refractivity contribution < 1.29 is 9.31 Å². The van der Waals surface area contributed by atoms with Crippen LogP contribution in [0.4, 0.5) is 15.8 Å². The summed E-state index contributed by atoms with van der Waals surface area (Å²) >= 11 is 0. The first-order chi connectivity index (χ1) is 10.1. The van der Waals surface area contributed by atoms with E-state index in [4.69, 9.17) is 0 Å². The third-order valence-electron chi connectivity index (χ3n) is 4.58. The number of halogens is 1. The van der Waals surface area contributed by atoms with Gasteiger partial charge >= 0.3 is 0 Å². The number of nitro groups is 1. The van der Waals surface area contributed by atoms with Crippen molar-refractivity contribution in [2.45, 2.75) is 44.2 Å². The first-order valence-electron chi connectivity index (χ1n) is 7.58. The third kappa shape index (κ3) is 3.15. The molecule has 21 heavy (non-hydrogen) atoms. The second kappa shape index (κ2) is 5.97. The molecular weight excluding hydrogens is 273 g/mol. The van der Waals surface area contributed by atoms with E-state index < -0.39 is 10.7 Å². The van der Waals surface area contributed by atoms with Crippen LogP contribution in [0.25, 0.3) is 0 Å². The average molecular weight is 293 g/mol. The molecule has 1 N–H and O–H groups in total. The summed E-state index contributed by atoms with van der Waals surface area (Å²) in [5.41, 5.74) is 0.149. The molecule has 1 atom stereocenters. The first-order valence-corrected chi connectivity index (χ1v) is 7.58. The van der Waals surface area contributed by atoms with Crippen molar-refractivity contribution in [1.29, 1.82) is 0 Å². The topological polar surface area (TPSA) is 58.4 Å². The molecule has 114 valence electrons. The van der Waals surface area contributed by atoms with Crippen LogP contribution in [0.1, 0.15) is 32.1 Å². The van der Waals surface area contributed by atoms with Crippen molar-refractivity contribution in [2.24, 2.45) is 0 Å². The molecule has 2 aliphatic rings. The van der Waals surface area contributed by atoms with Gasteiger partial charge in [0.05, 0.1) is 16.7 Å². The van der Waals surface area contributed by atoms with Crippen molar-refractivity contribution in [3.63, 3.8) is 0 Å². The van der Waals surface area contributed by atoms with Gasteiger partial charge in [-0.3, -0.25) is 15.0 Å². The molecule has 1 saturated carbocycles. The maximum absolute atomic E-state index is 13.9. The number of nitro benzene ring substituents is 1. The second-order valence-corrected chi connectivity index (χ2v) is 5.98. The van der Waals surface area contributed by atoms with Crippen molar-refractivity contribution in [3.05, 3.63) is 34.1 Å². The van der Waals surface area contributed by atoms with Crippen LogP contribution in [0.15, 0.2) is 18.2 Å². The Labute approximate surface area is 123 Å². The number of nitrogens with one attached hydrogen (secondary N) is 1. The fourth-order valence-corrected chi connectivity index (χ4v) is 3.46. The highest BCUT2D eigenvalue weighted by atomic mass is 19.1. The van der Waals surface area contributed by atoms with Gasteiger partial charge in [0.2, 0.25) is 0 Å². The Morgan fingerprint density at radius 3 is 2.71 bits per heavy atom. The minimum Gasteiger partial charge on any atom is -0.379 e. The number of anilines is 1. The van der Waals surface area contributed by atoms with Crippen LogP contribution in [-0.2, 0) is 0 Å². The predicted octanol–water partition coefficient (Wildman–Crippen LogP) is 3.16. The van der Waals surface area contributed by atoms with Gasteiger partial charge in [-0.25, -0.2) is 4.39 Å². The van der Waals surface area contributed by atoms with Crippen molar-refractivity contribution in [3.8, 4) is 0 Å². The Morgan fingerprint density at radius 1 is 1.29 bits per heavy atom. The molecule has 0 bridgehead atoms. The van der Waals surface area contributed by atoms with Gasteiger partial charge in [0, 0.05) is 31.2 Å². The van der Waals surface area contributed by atoms with Gasteiger partial charge in [-0.1, -0.05) is 12.8 Å². The lowest BCUT2D eigenvalue weighted by atomic mass is 10.2. The van der Waals surface area contributed by atoms with E-state index in [9.17, 15) is 14.5 Å². The molecule has 1 saturated heterocycles. The van der Waals surface area contributed by atoms with E-state index in [2.05, 4.69) is 10.2 Å².